The van der Waals surface area contributed by atoms with Gasteiger partial charge in [0.15, 0.2) is 18.0 Å². The molecule has 1 aromatic carbocycles. The van der Waals surface area contributed by atoms with Gasteiger partial charge >= 0.3 is 0 Å². The van der Waals surface area contributed by atoms with Crippen LogP contribution in [0.5, 0.6) is 0 Å². The summed E-state index contributed by atoms with van der Waals surface area (Å²) in [5.41, 5.74) is 5.11. The van der Waals surface area contributed by atoms with Crippen LogP contribution >= 0.6 is 15.9 Å². The molecule has 0 saturated heterocycles. The van der Waals surface area contributed by atoms with E-state index in [1.165, 1.54) is 5.56 Å². The summed E-state index contributed by atoms with van der Waals surface area (Å²) >= 11 is 3.56. The molecule has 0 aliphatic rings. The van der Waals surface area contributed by atoms with Gasteiger partial charge in [-0.05, 0) is 53.0 Å². The third kappa shape index (κ3) is 3.51. The standard InChI is InChI=1S/C17H18BrN2O.HI/c1-4-5-20-9-13(8-14(18)10-20)17-19-15-7-11(2)6-12(3)16(15)21-17;/h6-10H,4-5H2,1-3H3;1H/q+1;/p-1. The predicted molar refractivity (Wildman–Crippen MR) is 87.1 cm³/mol. The molecule has 0 saturated carbocycles. The number of hydrogen-bond donors (Lipinski definition) is 0. The molecule has 5 heteroatoms. The largest absolute Gasteiger partial charge is 1.00 e. The molecule has 2 aromatic heterocycles. The number of nitrogens with zero attached hydrogens (tertiary/aromatic N) is 2. The first kappa shape index (κ1) is 17.4. The molecule has 0 atom stereocenters. The number of oxazole rings is 1. The van der Waals surface area contributed by atoms with E-state index in [0.717, 1.165) is 39.7 Å². The fraction of sp³-hybridized carbons (Fsp3) is 0.294. The first-order valence-electron chi connectivity index (χ1n) is 7.14. The second kappa shape index (κ2) is 7.08. The van der Waals surface area contributed by atoms with Crippen molar-refractivity contribution in [3.8, 4) is 11.5 Å². The summed E-state index contributed by atoms with van der Waals surface area (Å²) in [7, 11) is 0. The number of benzene rings is 1. The van der Waals surface area contributed by atoms with Crippen molar-refractivity contribution < 1.29 is 33.0 Å². The fourth-order valence-electron chi connectivity index (χ4n) is 2.60. The van der Waals surface area contributed by atoms with Crippen molar-refractivity contribution in [2.45, 2.75) is 33.7 Å². The van der Waals surface area contributed by atoms with E-state index < -0.39 is 0 Å². The van der Waals surface area contributed by atoms with Crippen LogP contribution < -0.4 is 28.5 Å². The maximum Gasteiger partial charge on any atom is 0.233 e. The van der Waals surface area contributed by atoms with E-state index in [1.807, 2.05) is 6.07 Å². The second-order valence-corrected chi connectivity index (χ2v) is 6.35. The average Bonchev–Trinajstić information content (AvgIpc) is 2.82. The van der Waals surface area contributed by atoms with Crippen molar-refractivity contribution in [3.05, 3.63) is 46.2 Å². The molecule has 0 radical (unpaired) electrons. The lowest BCUT2D eigenvalue weighted by Crippen LogP contribution is -3.00. The molecule has 0 aliphatic carbocycles. The molecule has 0 spiro atoms. The number of aryl methyl sites for hydroxylation is 3. The Morgan fingerprint density at radius 1 is 1.18 bits per heavy atom. The molecule has 0 unspecified atom stereocenters. The Labute approximate surface area is 155 Å². The highest BCUT2D eigenvalue weighted by molar-refractivity contribution is 9.10. The number of pyridine rings is 1. The van der Waals surface area contributed by atoms with Gasteiger partial charge < -0.3 is 28.4 Å². The van der Waals surface area contributed by atoms with Gasteiger partial charge in [-0.15, -0.1) is 0 Å². The van der Waals surface area contributed by atoms with E-state index in [9.17, 15) is 0 Å². The van der Waals surface area contributed by atoms with Crippen LogP contribution in [0.1, 0.15) is 24.5 Å². The van der Waals surface area contributed by atoms with Gasteiger partial charge in [0.2, 0.25) is 5.89 Å². The number of rotatable bonds is 3. The maximum absolute atomic E-state index is 5.98. The Morgan fingerprint density at radius 3 is 2.68 bits per heavy atom. The molecule has 3 nitrogen and oxygen atoms in total. The van der Waals surface area contributed by atoms with E-state index in [0.29, 0.717) is 5.89 Å². The van der Waals surface area contributed by atoms with Gasteiger partial charge in [-0.25, -0.2) is 9.55 Å². The minimum Gasteiger partial charge on any atom is -1.00 e. The van der Waals surface area contributed by atoms with E-state index in [4.69, 9.17) is 4.42 Å². The molecule has 0 bridgehead atoms. The van der Waals surface area contributed by atoms with Gasteiger partial charge in [-0.1, -0.05) is 13.0 Å². The van der Waals surface area contributed by atoms with Crippen molar-refractivity contribution in [2.75, 3.05) is 0 Å². The predicted octanol–water partition coefficient (Wildman–Crippen LogP) is 1.58. The van der Waals surface area contributed by atoms with Crippen molar-refractivity contribution in [1.29, 1.82) is 0 Å². The van der Waals surface area contributed by atoms with Gasteiger partial charge in [0.05, 0.1) is 4.47 Å². The molecular weight excluding hydrogens is 455 g/mol. The third-order valence-corrected chi connectivity index (χ3v) is 3.87. The summed E-state index contributed by atoms with van der Waals surface area (Å²) in [4.78, 5) is 4.65. The van der Waals surface area contributed by atoms with Gasteiger partial charge in [-0.2, -0.15) is 0 Å². The first-order valence-corrected chi connectivity index (χ1v) is 7.94. The van der Waals surface area contributed by atoms with E-state index in [-0.39, 0.29) is 24.0 Å². The Kier molecular flexibility index (Phi) is 5.60. The summed E-state index contributed by atoms with van der Waals surface area (Å²) in [6, 6.07) is 6.22. The highest BCUT2D eigenvalue weighted by atomic mass is 127. The summed E-state index contributed by atoms with van der Waals surface area (Å²) < 4.78 is 9.17. The highest BCUT2D eigenvalue weighted by Gasteiger charge is 2.15. The van der Waals surface area contributed by atoms with Crippen LogP contribution in [0, 0.1) is 13.8 Å². The number of fused-ring (bicyclic) bond motifs is 1. The molecule has 116 valence electrons. The van der Waals surface area contributed by atoms with E-state index in [2.05, 4.69) is 70.8 Å². The monoisotopic (exact) mass is 472 g/mol. The lowest BCUT2D eigenvalue weighted by atomic mass is 10.1. The minimum atomic E-state index is 0. The Hall–Kier alpha value is -0.950. The van der Waals surface area contributed by atoms with Crippen LogP contribution in [0.3, 0.4) is 0 Å². The second-order valence-electron chi connectivity index (χ2n) is 5.43. The van der Waals surface area contributed by atoms with Crippen molar-refractivity contribution in [2.24, 2.45) is 0 Å². The average molecular weight is 473 g/mol. The van der Waals surface area contributed by atoms with Gasteiger partial charge in [0, 0.05) is 6.42 Å². The zero-order chi connectivity index (χ0) is 15.0. The van der Waals surface area contributed by atoms with Crippen molar-refractivity contribution >= 4 is 27.0 Å². The van der Waals surface area contributed by atoms with Crippen LogP contribution in [-0.4, -0.2) is 4.98 Å². The third-order valence-electron chi connectivity index (χ3n) is 3.44. The van der Waals surface area contributed by atoms with Gasteiger partial charge in [0.25, 0.3) is 0 Å². The van der Waals surface area contributed by atoms with Crippen LogP contribution in [0.25, 0.3) is 22.6 Å². The molecule has 3 aromatic rings. The molecule has 22 heavy (non-hydrogen) atoms. The SMILES string of the molecule is CCC[n+]1cc(Br)cc(-c2nc3cc(C)cc(C)c3o2)c1.[I-]. The van der Waals surface area contributed by atoms with Gasteiger partial charge in [0.1, 0.15) is 17.6 Å². The lowest BCUT2D eigenvalue weighted by Gasteiger charge is -1.98. The summed E-state index contributed by atoms with van der Waals surface area (Å²) in [6.45, 7) is 7.28. The van der Waals surface area contributed by atoms with Gasteiger partial charge in [-0.3, -0.25) is 0 Å². The topological polar surface area (TPSA) is 29.9 Å². The zero-order valence-electron chi connectivity index (χ0n) is 12.9. The first-order chi connectivity index (χ1) is 10.1. The Bertz CT molecular complexity index is 814. The molecule has 2 heterocycles. The summed E-state index contributed by atoms with van der Waals surface area (Å²) in [5, 5.41) is 0. The minimum absolute atomic E-state index is 0. The Morgan fingerprint density at radius 2 is 1.95 bits per heavy atom. The fourth-order valence-corrected chi connectivity index (χ4v) is 3.11. The number of halogens is 2. The molecule has 0 amide bonds. The molecule has 0 N–H and O–H groups in total. The quantitative estimate of drug-likeness (QED) is 0.428. The summed E-state index contributed by atoms with van der Waals surface area (Å²) in [5.74, 6) is 0.671. The molecule has 0 fully saturated rings. The normalized spacial score (nSPS) is 10.7. The molecule has 3 rings (SSSR count). The highest BCUT2D eigenvalue weighted by Crippen LogP contribution is 2.27. The molecular formula is C17H18BrIN2O. The smallest absolute Gasteiger partial charge is 0.233 e. The van der Waals surface area contributed by atoms with Crippen LogP contribution in [-0.2, 0) is 6.54 Å². The van der Waals surface area contributed by atoms with E-state index in [1.54, 1.807) is 0 Å². The van der Waals surface area contributed by atoms with Crippen molar-refractivity contribution in [1.82, 2.24) is 4.98 Å². The van der Waals surface area contributed by atoms with Crippen molar-refractivity contribution in [3.63, 3.8) is 0 Å². The zero-order valence-corrected chi connectivity index (χ0v) is 16.6. The van der Waals surface area contributed by atoms with Crippen LogP contribution in [0.2, 0.25) is 0 Å². The van der Waals surface area contributed by atoms with E-state index >= 15 is 0 Å². The number of hydrogen-bond acceptors (Lipinski definition) is 2. The van der Waals surface area contributed by atoms with Crippen LogP contribution in [0.15, 0.2) is 39.5 Å². The maximum atomic E-state index is 5.98. The van der Waals surface area contributed by atoms with Crippen LogP contribution in [0.4, 0.5) is 0 Å². The lowest BCUT2D eigenvalue weighted by molar-refractivity contribution is -0.697. The summed E-state index contributed by atoms with van der Waals surface area (Å²) in [6.07, 6.45) is 5.25. The Balaban J connectivity index is 0.00000176. The molecule has 0 aliphatic heterocycles. The number of aromatic nitrogens is 2.